The number of unbranched alkanes of at least 4 members (excludes halogenated alkanes) is 2. The number of halogens is 4. The van der Waals surface area contributed by atoms with Crippen molar-refractivity contribution < 1.29 is 13.2 Å². The van der Waals surface area contributed by atoms with E-state index in [0.29, 0.717) is 6.04 Å². The number of nitrogens with one attached hydrogen (secondary N) is 1. The molecule has 1 aliphatic heterocycles. The molecule has 0 bridgehead atoms. The summed E-state index contributed by atoms with van der Waals surface area (Å²) in [7, 11) is 0. The molecular weight excluding hydrogens is 357 g/mol. The van der Waals surface area contributed by atoms with Gasteiger partial charge in [0.05, 0.1) is 0 Å². The van der Waals surface area contributed by atoms with Gasteiger partial charge in [-0.1, -0.05) is 38.3 Å². The van der Waals surface area contributed by atoms with Gasteiger partial charge in [0.15, 0.2) is 0 Å². The standard InChI is InChI=1S/C17H25F3N2S.ClH/c1-2-3-4-5-16(22-12-10-21-11-13-22)14-6-8-15(9-7-14)23-17(18,19)20;/h6-9,16,21H,2-5,10-13H2,1H3;1H/t16-;/m0./s1. The summed E-state index contributed by atoms with van der Waals surface area (Å²) in [5, 5.41) is 3.35. The van der Waals surface area contributed by atoms with Gasteiger partial charge in [-0.25, -0.2) is 0 Å². The first-order chi connectivity index (χ1) is 11.0. The Bertz CT molecular complexity index is 462. The second-order valence-electron chi connectivity index (χ2n) is 5.91. The molecule has 2 nitrogen and oxygen atoms in total. The molecule has 1 aromatic carbocycles. The Morgan fingerprint density at radius 3 is 2.29 bits per heavy atom. The zero-order chi connectivity index (χ0) is 16.7. The van der Waals surface area contributed by atoms with E-state index in [2.05, 4.69) is 17.1 Å². The van der Waals surface area contributed by atoms with Crippen LogP contribution in [0.1, 0.15) is 44.2 Å². The molecule has 1 fully saturated rings. The number of piperazine rings is 1. The highest BCUT2D eigenvalue weighted by Gasteiger charge is 2.29. The minimum atomic E-state index is -4.22. The lowest BCUT2D eigenvalue weighted by atomic mass is 9.98. The van der Waals surface area contributed by atoms with Crippen LogP contribution in [0.15, 0.2) is 29.2 Å². The Kier molecular flexibility index (Phi) is 9.49. The number of thioether (sulfide) groups is 1. The lowest BCUT2D eigenvalue weighted by Crippen LogP contribution is -2.45. The molecule has 1 heterocycles. The van der Waals surface area contributed by atoms with E-state index in [1.807, 2.05) is 12.1 Å². The monoisotopic (exact) mass is 382 g/mol. The van der Waals surface area contributed by atoms with Gasteiger partial charge in [0.25, 0.3) is 0 Å². The van der Waals surface area contributed by atoms with Crippen LogP contribution in [0.4, 0.5) is 13.2 Å². The Balaban J connectivity index is 0.00000288. The SMILES string of the molecule is CCCCC[C@@H](c1ccc(SC(F)(F)F)cc1)N1CCNCC1.Cl. The lowest BCUT2D eigenvalue weighted by Gasteiger charge is -2.35. The Labute approximate surface area is 153 Å². The first-order valence-electron chi connectivity index (χ1n) is 8.30. The summed E-state index contributed by atoms with van der Waals surface area (Å²) in [6, 6.07) is 7.25. The quantitative estimate of drug-likeness (QED) is 0.512. The van der Waals surface area contributed by atoms with Crippen molar-refractivity contribution in [1.82, 2.24) is 10.2 Å². The Hall–Kier alpha value is -0.430. The minimum absolute atomic E-state index is 0. The number of hydrogen-bond acceptors (Lipinski definition) is 3. The third-order valence-electron chi connectivity index (χ3n) is 4.17. The fourth-order valence-electron chi connectivity index (χ4n) is 3.03. The van der Waals surface area contributed by atoms with E-state index >= 15 is 0 Å². The van der Waals surface area contributed by atoms with Gasteiger partial charge in [0.2, 0.25) is 0 Å². The topological polar surface area (TPSA) is 15.3 Å². The summed E-state index contributed by atoms with van der Waals surface area (Å²) in [4.78, 5) is 2.71. The largest absolute Gasteiger partial charge is 0.446 e. The van der Waals surface area contributed by atoms with Crippen LogP contribution in [0.5, 0.6) is 0 Å². The third-order valence-corrected chi connectivity index (χ3v) is 4.91. The first kappa shape index (κ1) is 21.6. The number of alkyl halides is 3. The average Bonchev–Trinajstić information content (AvgIpc) is 2.52. The molecule has 0 radical (unpaired) electrons. The van der Waals surface area contributed by atoms with E-state index in [4.69, 9.17) is 0 Å². The molecule has 0 unspecified atom stereocenters. The van der Waals surface area contributed by atoms with Gasteiger partial charge in [-0.15, -0.1) is 12.4 Å². The fraction of sp³-hybridized carbons (Fsp3) is 0.647. The molecule has 1 aliphatic rings. The molecule has 0 spiro atoms. The van der Waals surface area contributed by atoms with E-state index < -0.39 is 5.51 Å². The van der Waals surface area contributed by atoms with Crippen molar-refractivity contribution in [3.63, 3.8) is 0 Å². The van der Waals surface area contributed by atoms with Crippen LogP contribution >= 0.6 is 24.2 Å². The predicted octanol–water partition coefficient (Wildman–Crippen LogP) is 5.25. The highest BCUT2D eigenvalue weighted by Crippen LogP contribution is 2.37. The van der Waals surface area contributed by atoms with Crippen LogP contribution in [0.25, 0.3) is 0 Å². The fourth-order valence-corrected chi connectivity index (χ4v) is 3.57. The highest BCUT2D eigenvalue weighted by molar-refractivity contribution is 8.00. The molecule has 1 atom stereocenters. The summed E-state index contributed by atoms with van der Waals surface area (Å²) < 4.78 is 37.3. The number of rotatable bonds is 7. The number of benzene rings is 1. The van der Waals surface area contributed by atoms with Gasteiger partial charge in [-0.05, 0) is 35.9 Å². The predicted molar refractivity (Wildman–Crippen MR) is 96.9 cm³/mol. The van der Waals surface area contributed by atoms with E-state index in [-0.39, 0.29) is 29.1 Å². The van der Waals surface area contributed by atoms with Gasteiger partial charge >= 0.3 is 5.51 Å². The minimum Gasteiger partial charge on any atom is -0.314 e. The molecule has 1 saturated heterocycles. The van der Waals surface area contributed by atoms with Gasteiger partial charge in [-0.2, -0.15) is 13.2 Å². The molecule has 24 heavy (non-hydrogen) atoms. The Morgan fingerprint density at radius 1 is 1.12 bits per heavy atom. The van der Waals surface area contributed by atoms with Crippen molar-refractivity contribution in [1.29, 1.82) is 0 Å². The number of nitrogens with zero attached hydrogens (tertiary/aromatic N) is 1. The van der Waals surface area contributed by atoms with Crippen molar-refractivity contribution in [2.75, 3.05) is 26.2 Å². The third kappa shape index (κ3) is 7.21. The van der Waals surface area contributed by atoms with Gasteiger partial charge in [-0.3, -0.25) is 4.90 Å². The molecule has 0 aliphatic carbocycles. The van der Waals surface area contributed by atoms with Crippen molar-refractivity contribution in [3.05, 3.63) is 29.8 Å². The van der Waals surface area contributed by atoms with Crippen molar-refractivity contribution in [2.24, 2.45) is 0 Å². The van der Waals surface area contributed by atoms with Crippen LogP contribution < -0.4 is 5.32 Å². The maximum atomic E-state index is 12.4. The zero-order valence-corrected chi connectivity index (χ0v) is 15.6. The van der Waals surface area contributed by atoms with E-state index in [1.54, 1.807) is 12.1 Å². The molecule has 0 amide bonds. The van der Waals surface area contributed by atoms with E-state index in [9.17, 15) is 13.2 Å². The summed E-state index contributed by atoms with van der Waals surface area (Å²) in [6.07, 6.45) is 4.60. The smallest absolute Gasteiger partial charge is 0.314 e. The average molecular weight is 383 g/mol. The first-order valence-corrected chi connectivity index (χ1v) is 9.11. The second-order valence-corrected chi connectivity index (χ2v) is 7.05. The van der Waals surface area contributed by atoms with Crippen molar-refractivity contribution in [2.45, 2.75) is 49.1 Å². The summed E-state index contributed by atoms with van der Waals surface area (Å²) in [5.41, 5.74) is -3.09. The van der Waals surface area contributed by atoms with E-state index in [0.717, 1.165) is 44.6 Å². The summed E-state index contributed by atoms with van der Waals surface area (Å²) in [5.74, 6) is 0. The van der Waals surface area contributed by atoms with Gasteiger partial charge in [0, 0.05) is 37.1 Å². The van der Waals surface area contributed by atoms with Crippen LogP contribution in [-0.4, -0.2) is 36.6 Å². The van der Waals surface area contributed by atoms with E-state index in [1.165, 1.54) is 12.8 Å². The van der Waals surface area contributed by atoms with Crippen LogP contribution in [0.2, 0.25) is 0 Å². The van der Waals surface area contributed by atoms with Crippen LogP contribution in [0, 0.1) is 0 Å². The number of hydrogen-bond donors (Lipinski definition) is 1. The molecule has 0 aromatic heterocycles. The normalized spacial score (nSPS) is 17.3. The molecule has 138 valence electrons. The van der Waals surface area contributed by atoms with Gasteiger partial charge in [0.1, 0.15) is 0 Å². The maximum absolute atomic E-state index is 12.4. The zero-order valence-electron chi connectivity index (χ0n) is 13.9. The second kappa shape index (κ2) is 10.5. The van der Waals surface area contributed by atoms with Crippen molar-refractivity contribution in [3.8, 4) is 0 Å². The molecule has 7 heteroatoms. The van der Waals surface area contributed by atoms with Crippen LogP contribution in [-0.2, 0) is 0 Å². The van der Waals surface area contributed by atoms with Crippen LogP contribution in [0.3, 0.4) is 0 Å². The lowest BCUT2D eigenvalue weighted by molar-refractivity contribution is -0.0328. The molecule has 1 N–H and O–H groups in total. The van der Waals surface area contributed by atoms with Crippen molar-refractivity contribution >= 4 is 24.2 Å². The summed E-state index contributed by atoms with van der Waals surface area (Å²) >= 11 is -0.0454. The van der Waals surface area contributed by atoms with Gasteiger partial charge < -0.3 is 5.32 Å². The Morgan fingerprint density at radius 2 is 1.75 bits per heavy atom. The maximum Gasteiger partial charge on any atom is 0.446 e. The molecule has 1 aromatic rings. The molecule has 0 saturated carbocycles. The molecular formula is C17H26ClF3N2S. The summed E-state index contributed by atoms with van der Waals surface area (Å²) in [6.45, 7) is 6.13. The molecule has 2 rings (SSSR count). The highest BCUT2D eigenvalue weighted by atomic mass is 35.5.